The molecule has 4 heterocycles. The third-order valence-corrected chi connectivity index (χ3v) is 7.92. The zero-order valence-corrected chi connectivity index (χ0v) is 19.7. The van der Waals surface area contributed by atoms with Crippen molar-refractivity contribution in [2.45, 2.75) is 17.5 Å². The van der Waals surface area contributed by atoms with E-state index in [0.717, 1.165) is 11.3 Å². The number of amides is 1. The highest BCUT2D eigenvalue weighted by molar-refractivity contribution is 6.18. The molecule has 3 aliphatic heterocycles. The van der Waals surface area contributed by atoms with E-state index in [-0.39, 0.29) is 23.2 Å². The second-order valence-corrected chi connectivity index (χ2v) is 9.63. The highest BCUT2D eigenvalue weighted by atomic mass is 16.3. The molecule has 0 saturated carbocycles. The lowest BCUT2D eigenvalue weighted by molar-refractivity contribution is -0.121. The van der Waals surface area contributed by atoms with Gasteiger partial charge in [0, 0.05) is 16.9 Å². The van der Waals surface area contributed by atoms with E-state index in [9.17, 15) is 14.4 Å². The number of rotatable bonds is 4. The molecule has 180 valence electrons. The molecule has 1 spiro atoms. The SMILES string of the molecule is O=C(c1ccccc1)[C@@H]1[C@H](C(=O)c2ccco2)[C@@]2(C(=O)Nc3ccccc32)[C@@H]2C=Cc3ccccc3N12. The number of para-hydroxylation sites is 2. The van der Waals surface area contributed by atoms with Gasteiger partial charge in [-0.25, -0.2) is 0 Å². The van der Waals surface area contributed by atoms with Crippen LogP contribution in [0.2, 0.25) is 0 Å². The number of carbonyl (C=O) groups is 3. The minimum atomic E-state index is -1.33. The van der Waals surface area contributed by atoms with Gasteiger partial charge in [0.05, 0.1) is 18.2 Å². The van der Waals surface area contributed by atoms with E-state index < -0.39 is 23.4 Å². The van der Waals surface area contributed by atoms with Crippen molar-refractivity contribution >= 4 is 34.9 Å². The summed E-state index contributed by atoms with van der Waals surface area (Å²) in [6.45, 7) is 0. The molecule has 4 aromatic rings. The lowest BCUT2D eigenvalue weighted by Gasteiger charge is -2.37. The first kappa shape index (κ1) is 21.6. The Morgan fingerprint density at radius 3 is 2.41 bits per heavy atom. The van der Waals surface area contributed by atoms with Gasteiger partial charge < -0.3 is 14.6 Å². The first-order chi connectivity index (χ1) is 18.1. The van der Waals surface area contributed by atoms with Crippen molar-refractivity contribution < 1.29 is 18.8 Å². The summed E-state index contributed by atoms with van der Waals surface area (Å²) in [5, 5.41) is 3.02. The highest BCUT2D eigenvalue weighted by Gasteiger charge is 2.70. The lowest BCUT2D eigenvalue weighted by Crippen LogP contribution is -2.51. The Bertz CT molecular complexity index is 1590. The fraction of sp³-hybridized carbons (Fsp3) is 0.129. The number of benzene rings is 3. The molecule has 6 nitrogen and oxygen atoms in total. The summed E-state index contributed by atoms with van der Waals surface area (Å²) in [5.41, 5.74) is 2.27. The van der Waals surface area contributed by atoms with Crippen LogP contribution in [0.15, 0.2) is 108 Å². The number of fused-ring (bicyclic) bond motifs is 6. The summed E-state index contributed by atoms with van der Waals surface area (Å²) in [7, 11) is 0. The maximum absolute atomic E-state index is 14.4. The van der Waals surface area contributed by atoms with Crippen LogP contribution in [0.1, 0.15) is 32.0 Å². The molecule has 3 aromatic carbocycles. The average molecular weight is 487 g/mol. The van der Waals surface area contributed by atoms with Gasteiger partial charge in [0.25, 0.3) is 0 Å². The van der Waals surface area contributed by atoms with Crippen molar-refractivity contribution in [1.82, 2.24) is 0 Å². The van der Waals surface area contributed by atoms with Crippen molar-refractivity contribution in [2.24, 2.45) is 5.92 Å². The molecule has 0 radical (unpaired) electrons. The number of Topliss-reactive ketones (excluding diaryl/α,β-unsaturated/α-hetero) is 2. The van der Waals surface area contributed by atoms with Gasteiger partial charge in [0.1, 0.15) is 11.5 Å². The zero-order chi connectivity index (χ0) is 25.1. The molecule has 37 heavy (non-hydrogen) atoms. The van der Waals surface area contributed by atoms with Gasteiger partial charge in [-0.15, -0.1) is 0 Å². The average Bonchev–Trinajstić information content (AvgIpc) is 3.65. The van der Waals surface area contributed by atoms with Crippen LogP contribution in [-0.4, -0.2) is 29.6 Å². The van der Waals surface area contributed by atoms with Gasteiger partial charge in [-0.2, -0.15) is 0 Å². The second kappa shape index (κ2) is 7.90. The molecule has 7 rings (SSSR count). The van der Waals surface area contributed by atoms with E-state index >= 15 is 0 Å². The summed E-state index contributed by atoms with van der Waals surface area (Å²) in [4.78, 5) is 44.9. The van der Waals surface area contributed by atoms with Crippen molar-refractivity contribution in [1.29, 1.82) is 0 Å². The smallest absolute Gasteiger partial charge is 0.238 e. The Morgan fingerprint density at radius 2 is 1.59 bits per heavy atom. The normalized spacial score (nSPS) is 24.9. The predicted molar refractivity (Wildman–Crippen MR) is 140 cm³/mol. The molecule has 1 amide bonds. The van der Waals surface area contributed by atoms with Crippen LogP contribution in [0, 0.1) is 5.92 Å². The summed E-state index contributed by atoms with van der Waals surface area (Å²) < 4.78 is 5.56. The third-order valence-electron chi connectivity index (χ3n) is 7.92. The standard InChI is InChI=1S/C31H22N2O4/c34-28(20-10-2-1-3-11-20)27-26(29(35)24-15-8-18-37-24)31(21-12-5-6-13-22(21)32-30(31)36)25-17-16-19-9-4-7-14-23(19)33(25)27/h1-18,25-27H,(H,32,36)/t25-,26+,27-,31-/m0/s1. The molecule has 6 heteroatoms. The van der Waals surface area contributed by atoms with Crippen molar-refractivity contribution in [3.8, 4) is 0 Å². The van der Waals surface area contributed by atoms with Gasteiger partial charge >= 0.3 is 0 Å². The number of hydrogen-bond donors (Lipinski definition) is 1. The Morgan fingerprint density at radius 1 is 0.838 bits per heavy atom. The number of anilines is 2. The molecular weight excluding hydrogens is 464 g/mol. The van der Waals surface area contributed by atoms with E-state index in [1.165, 1.54) is 6.26 Å². The number of ketones is 2. The second-order valence-electron chi connectivity index (χ2n) is 9.63. The number of furan rings is 1. The predicted octanol–water partition coefficient (Wildman–Crippen LogP) is 5.14. The Labute approximate surface area is 213 Å². The van der Waals surface area contributed by atoms with Gasteiger partial charge in [-0.1, -0.05) is 78.9 Å². The van der Waals surface area contributed by atoms with Crippen molar-refractivity contribution in [2.75, 3.05) is 10.2 Å². The van der Waals surface area contributed by atoms with Gasteiger partial charge in [0.2, 0.25) is 11.7 Å². The molecule has 1 saturated heterocycles. The number of hydrogen-bond acceptors (Lipinski definition) is 5. The quantitative estimate of drug-likeness (QED) is 0.404. The molecule has 0 bridgehead atoms. The first-order valence-electron chi connectivity index (χ1n) is 12.3. The summed E-state index contributed by atoms with van der Waals surface area (Å²) in [6, 6.07) is 25.9. The molecular formula is C31H22N2O4. The lowest BCUT2D eigenvalue weighted by atomic mass is 9.64. The van der Waals surface area contributed by atoms with Gasteiger partial charge in [-0.3, -0.25) is 14.4 Å². The van der Waals surface area contributed by atoms with Gasteiger partial charge in [-0.05, 0) is 35.4 Å². The van der Waals surface area contributed by atoms with E-state index in [4.69, 9.17) is 4.42 Å². The van der Waals surface area contributed by atoms with Crippen molar-refractivity contribution in [3.05, 3.63) is 126 Å². The minimum absolute atomic E-state index is 0.129. The van der Waals surface area contributed by atoms with Crippen LogP contribution in [0.4, 0.5) is 11.4 Å². The fourth-order valence-electron chi connectivity index (χ4n) is 6.46. The summed E-state index contributed by atoms with van der Waals surface area (Å²) >= 11 is 0. The van der Waals surface area contributed by atoms with Crippen LogP contribution in [0.25, 0.3) is 6.08 Å². The molecule has 1 N–H and O–H groups in total. The minimum Gasteiger partial charge on any atom is -0.461 e. The van der Waals surface area contributed by atoms with Gasteiger partial charge in [0.15, 0.2) is 11.5 Å². The third kappa shape index (κ3) is 2.84. The summed E-state index contributed by atoms with van der Waals surface area (Å²) in [5.74, 6) is -1.78. The van der Waals surface area contributed by atoms with Crippen molar-refractivity contribution in [3.63, 3.8) is 0 Å². The number of nitrogens with one attached hydrogen (secondary N) is 1. The largest absolute Gasteiger partial charge is 0.461 e. The van der Waals surface area contributed by atoms with Crippen LogP contribution in [0.3, 0.4) is 0 Å². The van der Waals surface area contributed by atoms with E-state index in [1.54, 1.807) is 36.4 Å². The van der Waals surface area contributed by atoms with Crippen LogP contribution in [0.5, 0.6) is 0 Å². The number of carbonyl (C=O) groups excluding carboxylic acids is 3. The Hall–Kier alpha value is -4.71. The topological polar surface area (TPSA) is 79.6 Å². The van der Waals surface area contributed by atoms with E-state index in [0.29, 0.717) is 16.8 Å². The van der Waals surface area contributed by atoms with Crippen LogP contribution in [-0.2, 0) is 10.2 Å². The Balaban J connectivity index is 1.55. The molecule has 1 aromatic heterocycles. The molecule has 3 aliphatic rings. The molecule has 1 fully saturated rings. The Kier molecular flexibility index (Phi) is 4.60. The molecule has 0 aliphatic carbocycles. The number of nitrogens with zero attached hydrogens (tertiary/aromatic N) is 1. The van der Waals surface area contributed by atoms with E-state index in [1.807, 2.05) is 71.6 Å². The van der Waals surface area contributed by atoms with Crippen LogP contribution < -0.4 is 10.2 Å². The van der Waals surface area contributed by atoms with E-state index in [2.05, 4.69) is 5.32 Å². The highest BCUT2D eigenvalue weighted by Crippen LogP contribution is 2.58. The molecule has 4 atom stereocenters. The maximum Gasteiger partial charge on any atom is 0.238 e. The zero-order valence-electron chi connectivity index (χ0n) is 19.7. The monoisotopic (exact) mass is 486 g/mol. The maximum atomic E-state index is 14.4. The summed E-state index contributed by atoms with van der Waals surface area (Å²) in [6.07, 6.45) is 5.38. The first-order valence-corrected chi connectivity index (χ1v) is 12.3. The molecule has 0 unspecified atom stereocenters. The fourth-order valence-corrected chi connectivity index (χ4v) is 6.46. The van der Waals surface area contributed by atoms with Crippen LogP contribution >= 0.6 is 0 Å².